The molecule has 7 amide bonds. The quantitative estimate of drug-likeness (QED) is 0.0477. The molecule has 0 spiro atoms. The zero-order valence-corrected chi connectivity index (χ0v) is 45.4. The average molecular weight is 1010 g/mol. The molecule has 18 nitrogen and oxygen atoms in total. The fourth-order valence-corrected chi connectivity index (χ4v) is 9.73. The minimum Gasteiger partial charge on any atom is -0.379 e. The molecule has 0 aromatic heterocycles. The molecular weight excluding hydrogens is 931 g/mol. The van der Waals surface area contributed by atoms with Crippen molar-refractivity contribution in [3.8, 4) is 0 Å². The first-order chi connectivity index (χ1) is 34.7. The van der Waals surface area contributed by atoms with Gasteiger partial charge in [-0.3, -0.25) is 38.5 Å². The molecule has 4 rings (SSSR count). The molecule has 18 heteroatoms. The summed E-state index contributed by atoms with van der Waals surface area (Å²) in [7, 11) is 12.5. The Kier molecular flexibility index (Phi) is 23.6. The molecule has 2 aliphatic rings. The first-order valence-corrected chi connectivity index (χ1v) is 25.8. The summed E-state index contributed by atoms with van der Waals surface area (Å²) in [5.74, 6) is -2.07. The molecule has 0 aliphatic carbocycles. The Balaban J connectivity index is 1.40. The summed E-state index contributed by atoms with van der Waals surface area (Å²) in [6.45, 7) is 10.9. The number of methoxy groups -OCH3 is 2. The van der Waals surface area contributed by atoms with E-state index in [1.807, 2.05) is 82.2 Å². The van der Waals surface area contributed by atoms with Gasteiger partial charge in [-0.05, 0) is 60.8 Å². The summed E-state index contributed by atoms with van der Waals surface area (Å²) in [6, 6.07) is 14.0. The summed E-state index contributed by atoms with van der Waals surface area (Å²) in [5.41, 5.74) is 2.19. The average Bonchev–Trinajstić information content (AvgIpc) is 3.98. The Labute approximate surface area is 433 Å². The number of benzene rings is 2. The molecule has 1 fully saturated rings. The van der Waals surface area contributed by atoms with Crippen LogP contribution in [0.2, 0.25) is 0 Å². The maximum Gasteiger partial charge on any atom is 0.253 e. The third-order valence-electron chi connectivity index (χ3n) is 14.0. The number of carbonyl (C=O) groups excluding carboxylic acids is 7. The third kappa shape index (κ3) is 17.0. The lowest BCUT2D eigenvalue weighted by atomic mass is 9.89. The second-order valence-corrected chi connectivity index (χ2v) is 20.2. The highest BCUT2D eigenvalue weighted by molar-refractivity contribution is 6.12. The van der Waals surface area contributed by atoms with Crippen LogP contribution >= 0.6 is 0 Å². The van der Waals surface area contributed by atoms with E-state index in [0.29, 0.717) is 69.8 Å². The number of carbonyl (C=O) groups is 7. The van der Waals surface area contributed by atoms with Crippen molar-refractivity contribution in [2.45, 2.75) is 135 Å². The monoisotopic (exact) mass is 1010 g/mol. The van der Waals surface area contributed by atoms with Gasteiger partial charge in [-0.15, -0.1) is 0 Å². The predicted molar refractivity (Wildman–Crippen MR) is 283 cm³/mol. The second kappa shape index (κ2) is 28.9. The summed E-state index contributed by atoms with van der Waals surface area (Å²) in [4.78, 5) is 107. The van der Waals surface area contributed by atoms with Crippen LogP contribution in [-0.2, 0) is 56.0 Å². The van der Waals surface area contributed by atoms with Gasteiger partial charge in [0.15, 0.2) is 5.96 Å². The number of hydrogen-bond acceptors (Lipinski definition) is 10. The van der Waals surface area contributed by atoms with Crippen molar-refractivity contribution < 1.29 is 43.0 Å². The van der Waals surface area contributed by atoms with E-state index in [1.54, 1.807) is 55.1 Å². The van der Waals surface area contributed by atoms with E-state index in [-0.39, 0.29) is 54.2 Å². The molecule has 2 aromatic rings. The number of hydrogen-bond donors (Lipinski definition) is 3. The van der Waals surface area contributed by atoms with Crippen LogP contribution in [0.15, 0.2) is 71.7 Å². The Morgan fingerprint density at radius 3 is 2.03 bits per heavy atom. The maximum absolute atomic E-state index is 14.5. The fourth-order valence-electron chi connectivity index (χ4n) is 9.73. The molecule has 402 valence electrons. The smallest absolute Gasteiger partial charge is 0.253 e. The molecule has 0 saturated carbocycles. The normalized spacial score (nSPS) is 17.3. The number of aliphatic imine (C=N–C) groups is 1. The van der Waals surface area contributed by atoms with Crippen LogP contribution in [0.1, 0.15) is 97.1 Å². The van der Waals surface area contributed by atoms with Crippen molar-refractivity contribution in [2.75, 3.05) is 67.9 Å². The maximum atomic E-state index is 14.5. The van der Waals surface area contributed by atoms with Crippen LogP contribution in [0.3, 0.4) is 0 Å². The number of guanidine groups is 1. The van der Waals surface area contributed by atoms with Gasteiger partial charge in [0.1, 0.15) is 12.1 Å². The van der Waals surface area contributed by atoms with Crippen molar-refractivity contribution in [3.05, 3.63) is 77.9 Å². The van der Waals surface area contributed by atoms with E-state index in [2.05, 4.69) is 29.8 Å². The summed E-state index contributed by atoms with van der Waals surface area (Å²) >= 11 is 0. The Hall–Kier alpha value is -6.14. The number of likely N-dealkylation sites (tertiary alicyclic amines) is 1. The zero-order valence-electron chi connectivity index (χ0n) is 45.4. The second-order valence-electron chi connectivity index (χ2n) is 20.2. The van der Waals surface area contributed by atoms with Crippen LogP contribution in [-0.4, -0.2) is 171 Å². The van der Waals surface area contributed by atoms with Crippen molar-refractivity contribution in [1.82, 2.24) is 35.1 Å². The lowest BCUT2D eigenvalue weighted by molar-refractivity contribution is -0.146. The summed E-state index contributed by atoms with van der Waals surface area (Å²) in [5, 5.41) is 8.87. The predicted octanol–water partition coefficient (Wildman–Crippen LogP) is 4.88. The number of rotatable bonds is 27. The van der Waals surface area contributed by atoms with E-state index < -0.39 is 54.1 Å². The van der Waals surface area contributed by atoms with Crippen LogP contribution in [0, 0.1) is 17.8 Å². The van der Waals surface area contributed by atoms with E-state index in [1.165, 1.54) is 24.2 Å². The van der Waals surface area contributed by atoms with Gasteiger partial charge in [-0.25, -0.2) is 4.99 Å². The third-order valence-corrected chi connectivity index (χ3v) is 14.0. The van der Waals surface area contributed by atoms with E-state index in [4.69, 9.17) is 14.5 Å². The van der Waals surface area contributed by atoms with Gasteiger partial charge in [0.2, 0.25) is 29.5 Å². The molecule has 1 saturated heterocycles. The number of likely N-dealkylation sites (N-methyl/N-ethyl adjacent to an activating group) is 1. The highest BCUT2D eigenvalue weighted by atomic mass is 16.5. The fraction of sp³-hybridized carbons (Fsp3) is 0.600. The topological polar surface area (TPSA) is 203 Å². The van der Waals surface area contributed by atoms with Gasteiger partial charge < -0.3 is 45.0 Å². The lowest BCUT2D eigenvalue weighted by Gasteiger charge is -2.40. The molecule has 2 heterocycles. The summed E-state index contributed by atoms with van der Waals surface area (Å²) in [6.07, 6.45) is 5.74. The molecule has 2 aromatic carbocycles. The summed E-state index contributed by atoms with van der Waals surface area (Å²) < 4.78 is 12.2. The highest BCUT2D eigenvalue weighted by Gasteiger charge is 2.43. The molecule has 0 unspecified atom stereocenters. The van der Waals surface area contributed by atoms with Crippen LogP contribution in [0.25, 0.3) is 0 Å². The van der Waals surface area contributed by atoms with Crippen LogP contribution in [0.4, 0.5) is 5.69 Å². The van der Waals surface area contributed by atoms with Gasteiger partial charge in [0, 0.05) is 99.8 Å². The molecule has 0 bridgehead atoms. The van der Waals surface area contributed by atoms with Gasteiger partial charge in [0.05, 0.1) is 36.6 Å². The van der Waals surface area contributed by atoms with E-state index in [9.17, 15) is 33.6 Å². The van der Waals surface area contributed by atoms with Crippen LogP contribution < -0.4 is 16.0 Å². The molecule has 3 N–H and O–H groups in total. The Bertz CT molecular complexity index is 2190. The first kappa shape index (κ1) is 59.4. The van der Waals surface area contributed by atoms with Gasteiger partial charge >= 0.3 is 0 Å². The number of ether oxygens (including phenoxy) is 2. The number of nitrogens with zero attached hydrogens (tertiary/aromatic N) is 6. The number of unbranched alkanes of at least 4 members (excludes halogenated alkanes) is 2. The molecular formula is C55H83N9O9. The van der Waals surface area contributed by atoms with Crippen molar-refractivity contribution in [2.24, 2.45) is 22.7 Å². The standard InChI is InChI=1S/C55H83N9O9/c1-13-37(4)50(62(10)54(71)49(36(2)3)59-55(60(6)7)61(8)9)44(72-11)34-48(68)63-32-20-23-43(63)51(73-12)38(5)52(69)58-42(33-39-21-16-14-17-22-39)53(70)57-41-27-25-40(26-28-41)35-56-45(65)24-18-15-19-31-64-46(66)29-30-47(64)67/h14,16-17,21-22,25-30,36-38,42-44,49-51H,13,15,18-20,23-24,31-35H2,1-12H3,(H,56,65)(H,57,70)(H,58,69)/t37-,38+,42-,43-,44+,49-,50-,51+/m0/s1. The van der Waals surface area contributed by atoms with Crippen LogP contribution in [0.5, 0.6) is 0 Å². The highest BCUT2D eigenvalue weighted by Crippen LogP contribution is 2.30. The van der Waals surface area contributed by atoms with Gasteiger partial charge in [0.25, 0.3) is 11.8 Å². The van der Waals surface area contributed by atoms with Crippen molar-refractivity contribution >= 4 is 53.0 Å². The van der Waals surface area contributed by atoms with Crippen molar-refractivity contribution in [3.63, 3.8) is 0 Å². The van der Waals surface area contributed by atoms with Gasteiger partial charge in [-0.2, -0.15) is 0 Å². The number of anilines is 1. The molecule has 73 heavy (non-hydrogen) atoms. The minimum absolute atomic E-state index is 0.0104. The minimum atomic E-state index is -0.957. The largest absolute Gasteiger partial charge is 0.379 e. The Morgan fingerprint density at radius 2 is 1.45 bits per heavy atom. The number of amides is 7. The van der Waals surface area contributed by atoms with E-state index in [0.717, 1.165) is 17.5 Å². The SMILES string of the molecule is CC[C@H](C)[C@@H]([C@@H](CC(=O)N1CCC[C@H]1[C@H](OC)[C@@H](C)C(=O)N[C@@H](Cc1ccccc1)C(=O)Nc1ccc(CNC(=O)CCCCCN2C(=O)C=CC2=O)cc1)OC)N(C)C(=O)[C@@H](N=C(N(C)C)N(C)C)C(C)C. The van der Waals surface area contributed by atoms with Gasteiger partial charge in [-0.1, -0.05) is 89.9 Å². The lowest BCUT2D eigenvalue weighted by Crippen LogP contribution is -2.55. The van der Waals surface area contributed by atoms with E-state index >= 15 is 0 Å². The number of imide groups is 1. The first-order valence-electron chi connectivity index (χ1n) is 25.8. The van der Waals surface area contributed by atoms with Crippen molar-refractivity contribution in [1.29, 1.82) is 0 Å². The number of nitrogens with one attached hydrogen (secondary N) is 3. The molecule has 2 aliphatic heterocycles. The Morgan fingerprint density at radius 1 is 0.808 bits per heavy atom. The zero-order chi connectivity index (χ0) is 53.9. The molecule has 8 atom stereocenters. The molecule has 0 radical (unpaired) electrons.